The van der Waals surface area contributed by atoms with Crippen LogP contribution in [0.15, 0.2) is 52.1 Å². The molecule has 30 heavy (non-hydrogen) atoms. The van der Waals surface area contributed by atoms with E-state index in [1.54, 1.807) is 0 Å². The molecule has 1 N–H and O–H groups in total. The van der Waals surface area contributed by atoms with Crippen LogP contribution in [0.3, 0.4) is 0 Å². The van der Waals surface area contributed by atoms with Crippen molar-refractivity contribution in [3.05, 3.63) is 63.9 Å². The highest BCUT2D eigenvalue weighted by molar-refractivity contribution is 9.10. The van der Waals surface area contributed by atoms with E-state index in [1.807, 2.05) is 74.7 Å². The molecule has 0 fully saturated rings. The number of hydrogen-bond acceptors (Lipinski definition) is 5. The number of aryl methyl sites for hydroxylation is 2. The van der Waals surface area contributed by atoms with Crippen LogP contribution in [-0.2, 0) is 11.3 Å². The highest BCUT2D eigenvalue weighted by atomic mass is 79.9. The molecule has 0 bridgehead atoms. The number of halogens is 1. The van der Waals surface area contributed by atoms with Gasteiger partial charge in [0.1, 0.15) is 5.75 Å². The molecule has 2 aromatic carbocycles. The number of aromatic nitrogens is 3. The molecule has 0 saturated heterocycles. The Morgan fingerprint density at radius 2 is 1.87 bits per heavy atom. The molecular formula is C22H25BrN4O2S. The van der Waals surface area contributed by atoms with Gasteiger partial charge in [0.05, 0.1) is 5.75 Å². The minimum atomic E-state index is -0.254. The van der Waals surface area contributed by atoms with Crippen LogP contribution in [0.25, 0.3) is 0 Å². The van der Waals surface area contributed by atoms with Gasteiger partial charge in [-0.1, -0.05) is 45.9 Å². The highest BCUT2D eigenvalue weighted by Gasteiger charge is 2.19. The van der Waals surface area contributed by atoms with Crippen molar-refractivity contribution in [1.82, 2.24) is 14.8 Å². The van der Waals surface area contributed by atoms with E-state index in [0.29, 0.717) is 11.7 Å². The normalized spacial score (nSPS) is 11.9. The lowest BCUT2D eigenvalue weighted by atomic mass is 10.1. The van der Waals surface area contributed by atoms with Crippen LogP contribution in [0.1, 0.15) is 36.9 Å². The number of amides is 1. The molecule has 3 rings (SSSR count). The molecule has 0 aliphatic heterocycles. The molecule has 0 unspecified atom stereocenters. The van der Waals surface area contributed by atoms with Gasteiger partial charge >= 0.3 is 0 Å². The Bertz CT molecular complexity index is 1000. The standard InChI is InChI=1S/C22H25BrN4O2S/c1-5-27-21(16(4)29-18-9-7-6-8-10-18)25-26-22(27)30-13-19(28)24-20-14(2)11-17(23)12-15(20)3/h6-12,16H,5,13H2,1-4H3,(H,24,28)/t16-/m1/s1. The van der Waals surface area contributed by atoms with E-state index < -0.39 is 0 Å². The zero-order valence-electron chi connectivity index (χ0n) is 17.5. The Kier molecular flexibility index (Phi) is 7.55. The number of para-hydroxylation sites is 1. The van der Waals surface area contributed by atoms with Crippen LogP contribution >= 0.6 is 27.7 Å². The smallest absolute Gasteiger partial charge is 0.234 e. The minimum absolute atomic E-state index is 0.0747. The molecule has 0 spiro atoms. The summed E-state index contributed by atoms with van der Waals surface area (Å²) in [6, 6.07) is 13.6. The molecule has 0 aliphatic rings. The van der Waals surface area contributed by atoms with Crippen molar-refractivity contribution in [3.8, 4) is 5.75 Å². The summed E-state index contributed by atoms with van der Waals surface area (Å²) in [5.41, 5.74) is 2.89. The van der Waals surface area contributed by atoms with Crippen LogP contribution < -0.4 is 10.1 Å². The zero-order valence-corrected chi connectivity index (χ0v) is 19.9. The fourth-order valence-corrected chi connectivity index (χ4v) is 4.67. The molecule has 3 aromatic rings. The maximum atomic E-state index is 12.5. The van der Waals surface area contributed by atoms with Crippen LogP contribution in [0.2, 0.25) is 0 Å². The van der Waals surface area contributed by atoms with Gasteiger partial charge in [0.25, 0.3) is 0 Å². The Morgan fingerprint density at radius 3 is 2.50 bits per heavy atom. The molecule has 6 nitrogen and oxygen atoms in total. The van der Waals surface area contributed by atoms with E-state index in [-0.39, 0.29) is 17.8 Å². The fourth-order valence-electron chi connectivity index (χ4n) is 3.17. The quantitative estimate of drug-likeness (QED) is 0.421. The van der Waals surface area contributed by atoms with Crippen molar-refractivity contribution in [2.45, 2.75) is 45.5 Å². The monoisotopic (exact) mass is 488 g/mol. The van der Waals surface area contributed by atoms with Gasteiger partial charge in [-0.25, -0.2) is 0 Å². The maximum Gasteiger partial charge on any atom is 0.234 e. The van der Waals surface area contributed by atoms with Gasteiger partial charge in [-0.05, 0) is 63.1 Å². The number of rotatable bonds is 8. The number of nitrogens with zero attached hydrogens (tertiary/aromatic N) is 3. The Balaban J connectivity index is 1.65. The SMILES string of the molecule is CCn1c(SCC(=O)Nc2c(C)cc(Br)cc2C)nnc1[C@@H](C)Oc1ccccc1. The number of nitrogens with one attached hydrogen (secondary N) is 1. The van der Waals surface area contributed by atoms with Crippen molar-refractivity contribution in [1.29, 1.82) is 0 Å². The van der Waals surface area contributed by atoms with Gasteiger partial charge in [0, 0.05) is 16.7 Å². The minimum Gasteiger partial charge on any atom is -0.483 e. The predicted octanol–water partition coefficient (Wildman–Crippen LogP) is 5.55. The molecular weight excluding hydrogens is 464 g/mol. The topological polar surface area (TPSA) is 69.0 Å². The van der Waals surface area contributed by atoms with Crippen molar-refractivity contribution >= 4 is 39.3 Å². The number of thioether (sulfide) groups is 1. The summed E-state index contributed by atoms with van der Waals surface area (Å²) >= 11 is 4.85. The number of carbonyl (C=O) groups is 1. The molecule has 0 aliphatic carbocycles. The van der Waals surface area contributed by atoms with E-state index >= 15 is 0 Å². The number of ether oxygens (including phenoxy) is 1. The molecule has 8 heteroatoms. The average Bonchev–Trinajstić information content (AvgIpc) is 3.13. The summed E-state index contributed by atoms with van der Waals surface area (Å²) in [7, 11) is 0. The fraction of sp³-hybridized carbons (Fsp3) is 0.318. The number of hydrogen-bond donors (Lipinski definition) is 1. The van der Waals surface area contributed by atoms with Crippen LogP contribution in [0, 0.1) is 13.8 Å². The molecule has 1 heterocycles. The first-order valence-electron chi connectivity index (χ1n) is 9.73. The van der Waals surface area contributed by atoms with E-state index in [0.717, 1.165) is 32.9 Å². The number of carbonyl (C=O) groups excluding carboxylic acids is 1. The molecule has 158 valence electrons. The van der Waals surface area contributed by atoms with Gasteiger partial charge in [0.2, 0.25) is 5.91 Å². The average molecular weight is 489 g/mol. The van der Waals surface area contributed by atoms with Crippen molar-refractivity contribution in [3.63, 3.8) is 0 Å². The van der Waals surface area contributed by atoms with Crippen LogP contribution in [-0.4, -0.2) is 26.4 Å². The molecule has 0 saturated carbocycles. The number of benzene rings is 2. The van der Waals surface area contributed by atoms with Gasteiger partial charge in [-0.3, -0.25) is 4.79 Å². The van der Waals surface area contributed by atoms with Crippen molar-refractivity contribution < 1.29 is 9.53 Å². The molecule has 1 atom stereocenters. The van der Waals surface area contributed by atoms with E-state index in [9.17, 15) is 4.79 Å². The molecule has 1 amide bonds. The first-order chi connectivity index (χ1) is 14.4. The van der Waals surface area contributed by atoms with Gasteiger partial charge in [-0.15, -0.1) is 10.2 Å². The summed E-state index contributed by atoms with van der Waals surface area (Å²) in [4.78, 5) is 12.5. The molecule has 0 radical (unpaired) electrons. The summed E-state index contributed by atoms with van der Waals surface area (Å²) in [6.45, 7) is 8.63. The van der Waals surface area contributed by atoms with Crippen LogP contribution in [0.5, 0.6) is 5.75 Å². The van der Waals surface area contributed by atoms with Gasteiger partial charge in [-0.2, -0.15) is 0 Å². The van der Waals surface area contributed by atoms with E-state index in [1.165, 1.54) is 11.8 Å². The second-order valence-electron chi connectivity index (χ2n) is 6.91. The van der Waals surface area contributed by atoms with E-state index in [4.69, 9.17) is 4.74 Å². The Hall–Kier alpha value is -2.32. The van der Waals surface area contributed by atoms with Crippen LogP contribution in [0.4, 0.5) is 5.69 Å². The Labute approximate surface area is 189 Å². The second kappa shape index (κ2) is 10.1. The summed E-state index contributed by atoms with van der Waals surface area (Å²) in [6.07, 6.45) is -0.254. The lowest BCUT2D eigenvalue weighted by Crippen LogP contribution is -2.16. The highest BCUT2D eigenvalue weighted by Crippen LogP contribution is 2.27. The summed E-state index contributed by atoms with van der Waals surface area (Å²) < 4.78 is 8.97. The Morgan fingerprint density at radius 1 is 1.20 bits per heavy atom. The first kappa shape index (κ1) is 22.4. The van der Waals surface area contributed by atoms with E-state index in [2.05, 4.69) is 31.4 Å². The number of anilines is 1. The third kappa shape index (κ3) is 5.43. The maximum absolute atomic E-state index is 12.5. The largest absolute Gasteiger partial charge is 0.483 e. The first-order valence-corrected chi connectivity index (χ1v) is 11.5. The third-order valence-electron chi connectivity index (χ3n) is 4.58. The lowest BCUT2D eigenvalue weighted by molar-refractivity contribution is -0.113. The predicted molar refractivity (Wildman–Crippen MR) is 124 cm³/mol. The van der Waals surface area contributed by atoms with Gasteiger partial charge < -0.3 is 14.6 Å². The molecule has 1 aromatic heterocycles. The zero-order chi connectivity index (χ0) is 21.7. The summed E-state index contributed by atoms with van der Waals surface area (Å²) in [5.74, 6) is 1.70. The van der Waals surface area contributed by atoms with Crippen molar-refractivity contribution in [2.75, 3.05) is 11.1 Å². The third-order valence-corrected chi connectivity index (χ3v) is 6.00. The van der Waals surface area contributed by atoms with Gasteiger partial charge in [0.15, 0.2) is 17.1 Å². The van der Waals surface area contributed by atoms with Crippen molar-refractivity contribution in [2.24, 2.45) is 0 Å². The second-order valence-corrected chi connectivity index (χ2v) is 8.77. The lowest BCUT2D eigenvalue weighted by Gasteiger charge is -2.15. The summed E-state index contributed by atoms with van der Waals surface area (Å²) in [5, 5.41) is 12.3.